The van der Waals surface area contributed by atoms with Gasteiger partial charge in [0.05, 0.1) is 6.61 Å². The lowest BCUT2D eigenvalue weighted by molar-refractivity contribution is -0.121. The van der Waals surface area contributed by atoms with Crippen molar-refractivity contribution in [1.29, 1.82) is 0 Å². The molecule has 2 N–H and O–H groups in total. The Morgan fingerprint density at radius 1 is 1.23 bits per heavy atom. The van der Waals surface area contributed by atoms with Gasteiger partial charge in [0.25, 0.3) is 0 Å². The number of aliphatic hydroxyl groups excluding tert-OH is 2. The van der Waals surface area contributed by atoms with Gasteiger partial charge >= 0.3 is 6.01 Å². The Kier molecular flexibility index (Phi) is 10.0. The topological polar surface area (TPSA) is 109 Å². The molecule has 1 saturated heterocycles. The number of anilines is 1. The van der Waals surface area contributed by atoms with Crippen molar-refractivity contribution in [1.82, 2.24) is 10.1 Å². The summed E-state index contributed by atoms with van der Waals surface area (Å²) in [6.45, 7) is 7.47. The highest BCUT2D eigenvalue weighted by Crippen LogP contribution is 2.28. The maximum atomic E-state index is 14.6. The number of nitrogens with zero attached hydrogens (tertiary/aromatic N) is 3. The molecule has 0 amide bonds. The number of benzene rings is 1. The Morgan fingerprint density at radius 2 is 1.94 bits per heavy atom. The molecule has 0 aliphatic carbocycles. The molecule has 35 heavy (non-hydrogen) atoms. The second-order valence-corrected chi connectivity index (χ2v) is 9.82. The molecule has 194 valence electrons. The summed E-state index contributed by atoms with van der Waals surface area (Å²) >= 11 is 0. The van der Waals surface area contributed by atoms with Crippen molar-refractivity contribution in [3.05, 3.63) is 35.4 Å². The van der Waals surface area contributed by atoms with Crippen molar-refractivity contribution in [2.75, 3.05) is 37.8 Å². The Morgan fingerprint density at radius 3 is 2.54 bits per heavy atom. The fourth-order valence-electron chi connectivity index (χ4n) is 4.33. The molecule has 1 aliphatic heterocycles. The van der Waals surface area contributed by atoms with Crippen LogP contribution in [0.15, 0.2) is 22.7 Å². The van der Waals surface area contributed by atoms with E-state index in [1.807, 2.05) is 13.8 Å². The molecule has 9 heteroatoms. The molecule has 0 bridgehead atoms. The lowest BCUT2D eigenvalue weighted by atomic mass is 9.90. The Bertz CT molecular complexity index is 939. The van der Waals surface area contributed by atoms with E-state index in [2.05, 4.69) is 15.0 Å². The third-order valence-electron chi connectivity index (χ3n) is 6.79. The number of rotatable bonds is 13. The molecule has 1 fully saturated rings. The van der Waals surface area contributed by atoms with E-state index in [0.717, 1.165) is 44.6 Å². The van der Waals surface area contributed by atoms with Crippen molar-refractivity contribution in [2.24, 2.45) is 11.8 Å². The minimum Gasteiger partial charge on any atom is -0.493 e. The third kappa shape index (κ3) is 7.48. The van der Waals surface area contributed by atoms with Crippen LogP contribution in [0.1, 0.15) is 76.1 Å². The van der Waals surface area contributed by atoms with Crippen molar-refractivity contribution in [3.63, 3.8) is 0 Å². The van der Waals surface area contributed by atoms with Crippen molar-refractivity contribution >= 4 is 11.8 Å². The van der Waals surface area contributed by atoms with Crippen LogP contribution >= 0.6 is 0 Å². The van der Waals surface area contributed by atoms with Crippen molar-refractivity contribution in [3.8, 4) is 5.75 Å². The highest BCUT2D eigenvalue weighted by molar-refractivity contribution is 5.85. The van der Waals surface area contributed by atoms with Gasteiger partial charge in [0.15, 0.2) is 5.82 Å². The number of halogens is 1. The number of ether oxygens (including phenoxy) is 1. The molecule has 1 atom stereocenters. The zero-order valence-corrected chi connectivity index (χ0v) is 21.0. The molecule has 3 rings (SSSR count). The van der Waals surface area contributed by atoms with Gasteiger partial charge in [-0.05, 0) is 43.2 Å². The van der Waals surface area contributed by atoms with E-state index in [9.17, 15) is 9.18 Å². The average Bonchev–Trinajstić information content (AvgIpc) is 3.36. The molecule has 0 radical (unpaired) electrons. The number of carbonyl (C=O) groups excluding carboxylic acids is 1. The molecule has 1 aromatic carbocycles. The summed E-state index contributed by atoms with van der Waals surface area (Å²) in [5.41, 5.74) is 0.297. The number of aliphatic hydroxyl groups is 2. The second-order valence-electron chi connectivity index (χ2n) is 9.82. The molecule has 2 heterocycles. The number of carbonyl (C=O) groups is 1. The van der Waals surface area contributed by atoms with Gasteiger partial charge in [0.2, 0.25) is 0 Å². The monoisotopic (exact) mass is 491 g/mol. The van der Waals surface area contributed by atoms with Gasteiger partial charge in [0, 0.05) is 56.5 Å². The summed E-state index contributed by atoms with van der Waals surface area (Å²) in [6, 6.07) is 5.20. The van der Waals surface area contributed by atoms with Crippen molar-refractivity contribution < 1.29 is 28.7 Å². The van der Waals surface area contributed by atoms with E-state index in [1.165, 1.54) is 6.07 Å². The number of ketones is 1. The van der Waals surface area contributed by atoms with Crippen LogP contribution in [0.2, 0.25) is 0 Å². The van der Waals surface area contributed by atoms with Crippen LogP contribution in [0.25, 0.3) is 0 Å². The molecule has 1 unspecified atom stereocenters. The molecular formula is C26H38FN3O5. The van der Waals surface area contributed by atoms with Crippen LogP contribution in [0.3, 0.4) is 0 Å². The van der Waals surface area contributed by atoms with Gasteiger partial charge in [-0.1, -0.05) is 32.0 Å². The van der Waals surface area contributed by atoms with Gasteiger partial charge in [-0.15, -0.1) is 0 Å². The third-order valence-corrected chi connectivity index (χ3v) is 6.79. The number of hydrogen-bond acceptors (Lipinski definition) is 8. The average molecular weight is 492 g/mol. The lowest BCUT2D eigenvalue weighted by Crippen LogP contribution is -2.34. The van der Waals surface area contributed by atoms with Crippen molar-refractivity contribution in [2.45, 2.75) is 64.7 Å². The Hall–Kier alpha value is -2.52. The van der Waals surface area contributed by atoms with Crippen LogP contribution in [0.5, 0.6) is 5.75 Å². The summed E-state index contributed by atoms with van der Waals surface area (Å²) in [7, 11) is 0. The normalized spacial score (nSPS) is 15.7. The van der Waals surface area contributed by atoms with E-state index in [4.69, 9.17) is 19.5 Å². The second kappa shape index (κ2) is 13.0. The number of aromatic nitrogens is 2. The van der Waals surface area contributed by atoms with E-state index in [-0.39, 0.29) is 31.3 Å². The quantitative estimate of drug-likeness (QED) is 0.404. The zero-order valence-electron chi connectivity index (χ0n) is 21.0. The maximum absolute atomic E-state index is 14.6. The van der Waals surface area contributed by atoms with E-state index >= 15 is 0 Å². The van der Waals surface area contributed by atoms with Crippen LogP contribution in [-0.2, 0) is 4.79 Å². The van der Waals surface area contributed by atoms with Gasteiger partial charge in [0.1, 0.15) is 17.3 Å². The first kappa shape index (κ1) is 27.1. The van der Waals surface area contributed by atoms with Crippen LogP contribution in [0, 0.1) is 17.7 Å². The summed E-state index contributed by atoms with van der Waals surface area (Å²) < 4.78 is 25.8. The number of piperidine rings is 1. The molecule has 8 nitrogen and oxygen atoms in total. The maximum Gasteiger partial charge on any atom is 0.324 e. The first-order chi connectivity index (χ1) is 16.8. The molecule has 2 aromatic rings. The SMILES string of the molecule is CC(C)c1noc(N2CCC(CCCOc3ccc(C(C)C(=O)CC(CO)CO)c(F)c3)CC2)n1. The van der Waals surface area contributed by atoms with Gasteiger partial charge in [-0.2, -0.15) is 4.98 Å². The summed E-state index contributed by atoms with van der Waals surface area (Å²) in [5, 5.41) is 22.4. The predicted octanol–water partition coefficient (Wildman–Crippen LogP) is 4.07. The fraction of sp³-hybridized carbons (Fsp3) is 0.654. The summed E-state index contributed by atoms with van der Waals surface area (Å²) in [5.74, 6) is 0.174. The fourth-order valence-corrected chi connectivity index (χ4v) is 4.33. The van der Waals surface area contributed by atoms with E-state index < -0.39 is 17.7 Å². The Labute approximate surface area is 206 Å². The highest BCUT2D eigenvalue weighted by Gasteiger charge is 2.24. The summed E-state index contributed by atoms with van der Waals surface area (Å²) in [6.07, 6.45) is 4.05. The first-order valence-electron chi connectivity index (χ1n) is 12.6. The molecule has 1 aliphatic rings. The minimum atomic E-state index is -0.653. The van der Waals surface area contributed by atoms with Gasteiger partial charge in [-0.25, -0.2) is 4.39 Å². The smallest absolute Gasteiger partial charge is 0.324 e. The van der Waals surface area contributed by atoms with Crippen LogP contribution in [0.4, 0.5) is 10.4 Å². The molecule has 0 saturated carbocycles. The Balaban J connectivity index is 1.39. The first-order valence-corrected chi connectivity index (χ1v) is 12.6. The van der Waals surface area contributed by atoms with Crippen LogP contribution < -0.4 is 9.64 Å². The number of Topliss-reactive ketones (excluding diaryl/α,β-unsaturated/α-hetero) is 1. The largest absolute Gasteiger partial charge is 0.493 e. The van der Waals surface area contributed by atoms with Gasteiger partial charge in [-0.3, -0.25) is 4.79 Å². The minimum absolute atomic E-state index is 0.0126. The zero-order chi connectivity index (χ0) is 25.4. The molecular weight excluding hydrogens is 453 g/mol. The molecule has 0 spiro atoms. The van der Waals surface area contributed by atoms with E-state index in [0.29, 0.717) is 29.9 Å². The van der Waals surface area contributed by atoms with Crippen LogP contribution in [-0.4, -0.2) is 59.0 Å². The molecule has 1 aromatic heterocycles. The lowest BCUT2D eigenvalue weighted by Gasteiger charge is -2.30. The standard InChI is InChI=1S/C26H38FN3O5/c1-17(2)25-28-26(35-29-25)30-10-8-19(9-11-30)5-4-12-34-21-6-7-22(23(27)14-21)18(3)24(33)13-20(15-31)16-32/h6-7,14,17-20,31-32H,4-5,8-13,15-16H2,1-3H3. The summed E-state index contributed by atoms with van der Waals surface area (Å²) in [4.78, 5) is 19.0. The predicted molar refractivity (Wildman–Crippen MR) is 130 cm³/mol. The number of hydrogen-bond donors (Lipinski definition) is 2. The van der Waals surface area contributed by atoms with E-state index in [1.54, 1.807) is 19.1 Å². The van der Waals surface area contributed by atoms with Gasteiger partial charge < -0.3 is 24.4 Å². The highest BCUT2D eigenvalue weighted by atomic mass is 19.1.